The third kappa shape index (κ3) is 5.38. The van der Waals surface area contributed by atoms with Crippen molar-refractivity contribution < 1.29 is 9.18 Å². The molecule has 4 aromatic carbocycles. The van der Waals surface area contributed by atoms with Crippen molar-refractivity contribution in [3.8, 4) is 27.6 Å². The fourth-order valence-electron chi connectivity index (χ4n) is 4.29. The number of nitrogens with one attached hydrogen (secondary N) is 1. The minimum absolute atomic E-state index is 0.111. The molecule has 1 amide bonds. The van der Waals surface area contributed by atoms with Crippen LogP contribution in [0.2, 0.25) is 0 Å². The summed E-state index contributed by atoms with van der Waals surface area (Å²) in [6, 6.07) is 28.2. The molecule has 0 fully saturated rings. The second kappa shape index (κ2) is 11.0. The molecular weight excluding hydrogens is 542 g/mol. The molecule has 0 aliphatic rings. The van der Waals surface area contributed by atoms with Crippen molar-refractivity contribution in [3.63, 3.8) is 0 Å². The first kappa shape index (κ1) is 25.9. The second-order valence-corrected chi connectivity index (χ2v) is 11.3. The number of carbonyl (C=O) groups excluding carboxylic acids is 1. The Kier molecular flexibility index (Phi) is 7.15. The Hall–Kier alpha value is -4.34. The highest BCUT2D eigenvalue weighted by Gasteiger charge is 2.19. The van der Waals surface area contributed by atoms with Gasteiger partial charge in [0.2, 0.25) is 5.91 Å². The van der Waals surface area contributed by atoms with Crippen LogP contribution in [0.1, 0.15) is 11.1 Å². The lowest BCUT2D eigenvalue weighted by Crippen LogP contribution is -2.14. The molecule has 0 bridgehead atoms. The normalized spacial score (nSPS) is 11.2. The highest BCUT2D eigenvalue weighted by Crippen LogP contribution is 2.32. The molecule has 0 spiro atoms. The van der Waals surface area contributed by atoms with E-state index in [1.54, 1.807) is 34.1 Å². The van der Waals surface area contributed by atoms with Crippen LogP contribution in [0.25, 0.3) is 37.9 Å². The monoisotopic (exact) mass is 565 g/mol. The number of carbonyl (C=O) groups is 1. The number of fused-ring (bicyclic) bond motifs is 1. The van der Waals surface area contributed by atoms with Crippen LogP contribution in [-0.4, -0.2) is 31.4 Å². The maximum absolute atomic E-state index is 14.7. The number of rotatable bonds is 7. The highest BCUT2D eigenvalue weighted by atomic mass is 32.2. The van der Waals surface area contributed by atoms with Crippen molar-refractivity contribution in [2.45, 2.75) is 19.0 Å². The summed E-state index contributed by atoms with van der Waals surface area (Å²) < 4.78 is 17.6. The quantitative estimate of drug-likeness (QED) is 0.201. The lowest BCUT2D eigenvalue weighted by atomic mass is 10.2. The van der Waals surface area contributed by atoms with Gasteiger partial charge in [-0.1, -0.05) is 47.7 Å². The average Bonchev–Trinajstić information content (AvgIpc) is 3.57. The van der Waals surface area contributed by atoms with Gasteiger partial charge >= 0.3 is 0 Å². The molecular formula is C31H24FN5OS2. The Balaban J connectivity index is 1.18. The van der Waals surface area contributed by atoms with Gasteiger partial charge in [-0.15, -0.1) is 21.5 Å². The van der Waals surface area contributed by atoms with Crippen molar-refractivity contribution >= 4 is 44.9 Å². The molecule has 6 rings (SSSR count). The van der Waals surface area contributed by atoms with Crippen molar-refractivity contribution in [2.24, 2.45) is 0 Å². The lowest BCUT2D eigenvalue weighted by molar-refractivity contribution is -0.113. The van der Waals surface area contributed by atoms with Crippen LogP contribution < -0.4 is 5.32 Å². The third-order valence-electron chi connectivity index (χ3n) is 6.33. The highest BCUT2D eigenvalue weighted by molar-refractivity contribution is 7.99. The summed E-state index contributed by atoms with van der Waals surface area (Å²) in [4.78, 5) is 17.6. The van der Waals surface area contributed by atoms with E-state index in [0.29, 0.717) is 22.2 Å². The molecule has 1 N–H and O–H groups in total. The Bertz CT molecular complexity index is 1830. The topological polar surface area (TPSA) is 72.7 Å². The Morgan fingerprint density at radius 2 is 1.68 bits per heavy atom. The lowest BCUT2D eigenvalue weighted by Gasteiger charge is -2.11. The van der Waals surface area contributed by atoms with Crippen LogP contribution in [0.5, 0.6) is 0 Å². The first-order chi connectivity index (χ1) is 19.4. The molecule has 198 valence electrons. The molecule has 0 aliphatic carbocycles. The standard InChI is InChI=1S/C31H24FN5OS2/c1-19-7-14-23(15-8-19)37-29(24-5-3-4-6-25(24)32)35-36-31(37)39-18-28(38)33-22-12-10-21(11-13-22)30-34-26-16-9-20(2)17-27(26)40-30/h3-17H,18H2,1-2H3,(H,33,38). The van der Waals surface area contributed by atoms with E-state index < -0.39 is 0 Å². The van der Waals surface area contributed by atoms with Gasteiger partial charge in [0, 0.05) is 16.9 Å². The number of hydrogen-bond acceptors (Lipinski definition) is 6. The molecule has 40 heavy (non-hydrogen) atoms. The van der Waals surface area contributed by atoms with Crippen LogP contribution in [-0.2, 0) is 4.79 Å². The fraction of sp³-hybridized carbons (Fsp3) is 0.0968. The number of aromatic nitrogens is 4. The summed E-state index contributed by atoms with van der Waals surface area (Å²) in [5.74, 6) is -0.0770. The van der Waals surface area contributed by atoms with E-state index in [1.165, 1.54) is 23.4 Å². The third-order valence-corrected chi connectivity index (χ3v) is 8.33. The van der Waals surface area contributed by atoms with E-state index in [4.69, 9.17) is 4.98 Å². The number of benzene rings is 4. The summed E-state index contributed by atoms with van der Waals surface area (Å²) in [5, 5.41) is 13.0. The maximum atomic E-state index is 14.7. The minimum Gasteiger partial charge on any atom is -0.325 e. The zero-order valence-electron chi connectivity index (χ0n) is 21.8. The van der Waals surface area contributed by atoms with E-state index in [0.717, 1.165) is 32.0 Å². The van der Waals surface area contributed by atoms with Gasteiger partial charge in [0.25, 0.3) is 0 Å². The summed E-state index contributed by atoms with van der Waals surface area (Å²) >= 11 is 2.90. The predicted octanol–water partition coefficient (Wildman–Crippen LogP) is 7.70. The smallest absolute Gasteiger partial charge is 0.234 e. The van der Waals surface area contributed by atoms with Gasteiger partial charge in [-0.3, -0.25) is 9.36 Å². The molecule has 6 nitrogen and oxygen atoms in total. The molecule has 0 saturated heterocycles. The van der Waals surface area contributed by atoms with Crippen molar-refractivity contribution in [3.05, 3.63) is 108 Å². The van der Waals surface area contributed by atoms with Crippen molar-refractivity contribution in [2.75, 3.05) is 11.1 Å². The van der Waals surface area contributed by atoms with Crippen molar-refractivity contribution in [1.82, 2.24) is 19.7 Å². The summed E-state index contributed by atoms with van der Waals surface area (Å²) in [7, 11) is 0. The van der Waals surface area contributed by atoms with E-state index in [9.17, 15) is 9.18 Å². The van der Waals surface area contributed by atoms with Gasteiger partial charge in [-0.2, -0.15) is 0 Å². The van der Waals surface area contributed by atoms with E-state index in [-0.39, 0.29) is 17.5 Å². The molecule has 0 unspecified atom stereocenters. The largest absolute Gasteiger partial charge is 0.325 e. The first-order valence-corrected chi connectivity index (χ1v) is 14.4. The number of thioether (sulfide) groups is 1. The number of hydrogen-bond donors (Lipinski definition) is 1. The number of aryl methyl sites for hydroxylation is 2. The average molecular weight is 566 g/mol. The molecule has 0 atom stereocenters. The summed E-state index contributed by atoms with van der Waals surface area (Å²) in [6.45, 7) is 4.07. The van der Waals surface area contributed by atoms with E-state index in [1.807, 2.05) is 61.5 Å². The molecule has 9 heteroatoms. The van der Waals surface area contributed by atoms with Crippen LogP contribution in [0.3, 0.4) is 0 Å². The van der Waals surface area contributed by atoms with Gasteiger partial charge in [-0.05, 0) is 80.1 Å². The van der Waals surface area contributed by atoms with Crippen LogP contribution >= 0.6 is 23.1 Å². The minimum atomic E-state index is -0.387. The van der Waals surface area contributed by atoms with Gasteiger partial charge in [0.05, 0.1) is 21.5 Å². The SMILES string of the molecule is Cc1ccc(-n2c(SCC(=O)Nc3ccc(-c4nc5ccc(C)cc5s4)cc3)nnc2-c2ccccc2F)cc1. The molecule has 0 aliphatic heterocycles. The Labute approximate surface area is 238 Å². The molecule has 2 heterocycles. The predicted molar refractivity (Wildman–Crippen MR) is 161 cm³/mol. The van der Waals surface area contributed by atoms with Gasteiger partial charge in [0.15, 0.2) is 11.0 Å². The Morgan fingerprint density at radius 1 is 0.925 bits per heavy atom. The van der Waals surface area contributed by atoms with Gasteiger partial charge in [0.1, 0.15) is 10.8 Å². The summed E-state index contributed by atoms with van der Waals surface area (Å²) in [5.41, 5.74) is 6.11. The number of amides is 1. The second-order valence-electron chi connectivity index (χ2n) is 9.36. The molecule has 0 radical (unpaired) electrons. The van der Waals surface area contributed by atoms with E-state index in [2.05, 4.69) is 34.6 Å². The van der Waals surface area contributed by atoms with Crippen LogP contribution in [0.15, 0.2) is 96.2 Å². The van der Waals surface area contributed by atoms with Crippen LogP contribution in [0.4, 0.5) is 10.1 Å². The summed E-state index contributed by atoms with van der Waals surface area (Å²) in [6.07, 6.45) is 0. The number of thiazole rings is 1. The molecule has 6 aromatic rings. The zero-order valence-corrected chi connectivity index (χ0v) is 23.4. The van der Waals surface area contributed by atoms with E-state index >= 15 is 0 Å². The maximum Gasteiger partial charge on any atom is 0.234 e. The van der Waals surface area contributed by atoms with Gasteiger partial charge < -0.3 is 5.32 Å². The first-order valence-electron chi connectivity index (χ1n) is 12.6. The molecule has 2 aromatic heterocycles. The molecule has 0 saturated carbocycles. The zero-order chi connectivity index (χ0) is 27.6. The van der Waals surface area contributed by atoms with Crippen molar-refractivity contribution in [1.29, 1.82) is 0 Å². The van der Waals surface area contributed by atoms with Gasteiger partial charge in [-0.25, -0.2) is 9.37 Å². The number of nitrogens with zero attached hydrogens (tertiary/aromatic N) is 4. The number of anilines is 1. The van der Waals surface area contributed by atoms with Crippen LogP contribution in [0, 0.1) is 19.7 Å². The fourth-order valence-corrected chi connectivity index (χ4v) is 6.11. The Morgan fingerprint density at radius 3 is 2.45 bits per heavy atom. The number of halogens is 1.